The molecule has 2 unspecified atom stereocenters. The van der Waals surface area contributed by atoms with Crippen LogP contribution in [0.25, 0.3) is 0 Å². The standard InChI is InChI=1S/C17H22N4O2/c1-12(20-8-2-3-9-20)11-15(22)21-10-4-5-14(21)16-18-17(23-19-16)13-6-7-13/h2-3,8-9,12-14H,4-7,10-11H2,1H3. The zero-order valence-electron chi connectivity index (χ0n) is 13.4. The van der Waals surface area contributed by atoms with E-state index in [9.17, 15) is 4.79 Å². The Labute approximate surface area is 135 Å². The summed E-state index contributed by atoms with van der Waals surface area (Å²) in [6.45, 7) is 2.86. The van der Waals surface area contributed by atoms with Crippen LogP contribution < -0.4 is 0 Å². The van der Waals surface area contributed by atoms with Gasteiger partial charge in [-0.3, -0.25) is 4.79 Å². The first-order valence-electron chi connectivity index (χ1n) is 8.48. The molecule has 2 aromatic rings. The number of hydrogen-bond acceptors (Lipinski definition) is 4. The lowest BCUT2D eigenvalue weighted by atomic mass is 10.1. The fraction of sp³-hybridized carbons (Fsp3) is 0.588. The van der Waals surface area contributed by atoms with Crippen LogP contribution in [0.2, 0.25) is 0 Å². The van der Waals surface area contributed by atoms with Crippen LogP contribution in [0.1, 0.15) is 68.7 Å². The van der Waals surface area contributed by atoms with E-state index in [1.165, 1.54) is 0 Å². The maximum Gasteiger partial charge on any atom is 0.229 e. The molecule has 0 spiro atoms. The molecule has 1 amide bonds. The summed E-state index contributed by atoms with van der Waals surface area (Å²) in [4.78, 5) is 19.2. The first kappa shape index (κ1) is 14.5. The third kappa shape index (κ3) is 2.90. The first-order chi connectivity index (χ1) is 11.2. The molecule has 1 aliphatic heterocycles. The smallest absolute Gasteiger partial charge is 0.229 e. The Balaban J connectivity index is 1.44. The summed E-state index contributed by atoms with van der Waals surface area (Å²) in [6.07, 6.45) is 8.71. The number of carbonyl (C=O) groups excluding carboxylic acids is 1. The van der Waals surface area contributed by atoms with Crippen LogP contribution in [0.3, 0.4) is 0 Å². The number of likely N-dealkylation sites (tertiary alicyclic amines) is 1. The van der Waals surface area contributed by atoms with Crippen molar-refractivity contribution in [3.8, 4) is 0 Å². The lowest BCUT2D eigenvalue weighted by molar-refractivity contribution is -0.133. The molecule has 1 aliphatic carbocycles. The van der Waals surface area contributed by atoms with Gasteiger partial charge < -0.3 is 14.0 Å². The summed E-state index contributed by atoms with van der Waals surface area (Å²) in [5.41, 5.74) is 0. The Bertz CT molecular complexity index is 675. The van der Waals surface area contributed by atoms with Crippen molar-refractivity contribution >= 4 is 5.91 Å². The fourth-order valence-corrected chi connectivity index (χ4v) is 3.33. The zero-order valence-corrected chi connectivity index (χ0v) is 13.4. The van der Waals surface area contributed by atoms with Crippen molar-refractivity contribution in [2.45, 2.75) is 57.0 Å². The molecule has 3 heterocycles. The number of amides is 1. The van der Waals surface area contributed by atoms with E-state index in [2.05, 4.69) is 21.6 Å². The van der Waals surface area contributed by atoms with Crippen molar-refractivity contribution in [2.24, 2.45) is 0 Å². The average Bonchev–Trinajstić information content (AvgIpc) is 3.05. The fourth-order valence-electron chi connectivity index (χ4n) is 3.33. The van der Waals surface area contributed by atoms with E-state index in [1.54, 1.807) is 0 Å². The average molecular weight is 314 g/mol. The molecular weight excluding hydrogens is 292 g/mol. The predicted molar refractivity (Wildman–Crippen MR) is 83.7 cm³/mol. The van der Waals surface area contributed by atoms with E-state index in [0.29, 0.717) is 18.2 Å². The van der Waals surface area contributed by atoms with Crippen molar-refractivity contribution in [3.63, 3.8) is 0 Å². The van der Waals surface area contributed by atoms with E-state index in [1.807, 2.05) is 29.4 Å². The van der Waals surface area contributed by atoms with E-state index >= 15 is 0 Å². The van der Waals surface area contributed by atoms with Crippen molar-refractivity contribution in [2.75, 3.05) is 6.54 Å². The van der Waals surface area contributed by atoms with Gasteiger partial charge in [0.05, 0.1) is 6.04 Å². The van der Waals surface area contributed by atoms with Gasteiger partial charge >= 0.3 is 0 Å². The number of carbonyl (C=O) groups is 1. The summed E-state index contributed by atoms with van der Waals surface area (Å²) in [7, 11) is 0. The topological polar surface area (TPSA) is 64.2 Å². The molecule has 2 fully saturated rings. The lowest BCUT2D eigenvalue weighted by Crippen LogP contribution is -2.32. The summed E-state index contributed by atoms with van der Waals surface area (Å²) < 4.78 is 7.44. The van der Waals surface area contributed by atoms with Crippen LogP contribution in [0.4, 0.5) is 0 Å². The third-order valence-electron chi connectivity index (χ3n) is 4.86. The summed E-state index contributed by atoms with van der Waals surface area (Å²) in [5, 5.41) is 4.14. The molecular formula is C17H22N4O2. The van der Waals surface area contributed by atoms with Crippen molar-refractivity contribution in [3.05, 3.63) is 36.2 Å². The van der Waals surface area contributed by atoms with Gasteiger partial charge in [-0.15, -0.1) is 0 Å². The second kappa shape index (κ2) is 5.83. The third-order valence-corrected chi connectivity index (χ3v) is 4.86. The van der Waals surface area contributed by atoms with Gasteiger partial charge in [-0.05, 0) is 44.7 Å². The minimum Gasteiger partial charge on any atom is -0.351 e. The molecule has 1 saturated heterocycles. The minimum atomic E-state index is -0.0180. The number of hydrogen-bond donors (Lipinski definition) is 0. The van der Waals surface area contributed by atoms with E-state index in [0.717, 1.165) is 38.1 Å². The van der Waals surface area contributed by atoms with Crippen molar-refractivity contribution in [1.29, 1.82) is 0 Å². The lowest BCUT2D eigenvalue weighted by Gasteiger charge is -2.24. The molecule has 0 aromatic carbocycles. The quantitative estimate of drug-likeness (QED) is 0.851. The van der Waals surface area contributed by atoms with Crippen molar-refractivity contribution in [1.82, 2.24) is 19.6 Å². The van der Waals surface area contributed by atoms with Crippen molar-refractivity contribution < 1.29 is 9.32 Å². The summed E-state index contributed by atoms with van der Waals surface area (Å²) in [5.74, 6) is 2.06. The highest BCUT2D eigenvalue weighted by Crippen LogP contribution is 2.40. The van der Waals surface area contributed by atoms with E-state index < -0.39 is 0 Å². The molecule has 0 N–H and O–H groups in total. The molecule has 2 aromatic heterocycles. The van der Waals surface area contributed by atoms with Crippen LogP contribution in [0.5, 0.6) is 0 Å². The minimum absolute atomic E-state index is 0.0180. The highest BCUT2D eigenvalue weighted by molar-refractivity contribution is 5.77. The maximum absolute atomic E-state index is 12.7. The van der Waals surface area contributed by atoms with Gasteiger partial charge in [-0.2, -0.15) is 4.98 Å². The Morgan fingerprint density at radius 2 is 2.13 bits per heavy atom. The summed E-state index contributed by atoms with van der Waals surface area (Å²) in [6, 6.07) is 4.11. The van der Waals surface area contributed by atoms with Gasteiger partial charge in [-0.1, -0.05) is 5.16 Å². The summed E-state index contributed by atoms with van der Waals surface area (Å²) >= 11 is 0. The molecule has 2 aliphatic rings. The molecule has 1 saturated carbocycles. The van der Waals surface area contributed by atoms with Gasteiger partial charge in [-0.25, -0.2) is 0 Å². The van der Waals surface area contributed by atoms with Crippen LogP contribution in [0.15, 0.2) is 29.0 Å². The monoisotopic (exact) mass is 314 g/mol. The molecule has 0 bridgehead atoms. The molecule has 122 valence electrons. The highest BCUT2D eigenvalue weighted by Gasteiger charge is 2.36. The van der Waals surface area contributed by atoms with E-state index in [4.69, 9.17) is 4.52 Å². The molecule has 6 heteroatoms. The largest absolute Gasteiger partial charge is 0.351 e. The van der Waals surface area contributed by atoms with E-state index in [-0.39, 0.29) is 18.0 Å². The number of nitrogens with zero attached hydrogens (tertiary/aromatic N) is 4. The molecule has 0 radical (unpaired) electrons. The Hall–Kier alpha value is -2.11. The molecule has 4 rings (SSSR count). The predicted octanol–water partition coefficient (Wildman–Crippen LogP) is 3.06. The van der Waals surface area contributed by atoms with Gasteiger partial charge in [0.25, 0.3) is 0 Å². The Kier molecular flexibility index (Phi) is 3.67. The van der Waals surface area contributed by atoms with Crippen LogP contribution in [0, 0.1) is 0 Å². The highest BCUT2D eigenvalue weighted by atomic mass is 16.5. The Morgan fingerprint density at radius 1 is 1.35 bits per heavy atom. The van der Waals surface area contributed by atoms with Crippen LogP contribution in [-0.2, 0) is 4.79 Å². The number of rotatable bonds is 5. The van der Waals surface area contributed by atoms with Gasteiger partial charge in [0.2, 0.25) is 11.8 Å². The van der Waals surface area contributed by atoms with Crippen LogP contribution >= 0.6 is 0 Å². The van der Waals surface area contributed by atoms with Gasteiger partial charge in [0.15, 0.2) is 5.82 Å². The second-order valence-electron chi connectivity index (χ2n) is 6.69. The molecule has 2 atom stereocenters. The first-order valence-corrected chi connectivity index (χ1v) is 8.48. The van der Waals surface area contributed by atoms with Crippen LogP contribution in [-0.4, -0.2) is 32.1 Å². The van der Waals surface area contributed by atoms with Gasteiger partial charge in [0.1, 0.15) is 0 Å². The molecule has 6 nitrogen and oxygen atoms in total. The maximum atomic E-state index is 12.7. The number of aromatic nitrogens is 3. The normalized spacial score (nSPS) is 22.5. The Morgan fingerprint density at radius 3 is 2.87 bits per heavy atom. The second-order valence-corrected chi connectivity index (χ2v) is 6.69. The SMILES string of the molecule is CC(CC(=O)N1CCCC1c1noc(C2CC2)n1)n1cccc1. The molecule has 23 heavy (non-hydrogen) atoms. The zero-order chi connectivity index (χ0) is 15.8. The van der Waals surface area contributed by atoms with Gasteiger partial charge in [0, 0.05) is 37.3 Å².